The highest BCUT2D eigenvalue weighted by Gasteiger charge is 2.41. The van der Waals surface area contributed by atoms with Gasteiger partial charge in [-0.3, -0.25) is 9.59 Å². The summed E-state index contributed by atoms with van der Waals surface area (Å²) in [4.78, 5) is 24.4. The zero-order valence-corrected chi connectivity index (χ0v) is 16.8. The second-order valence-electron chi connectivity index (χ2n) is 8.37. The number of hydrogen-bond donors (Lipinski definition) is 0. The van der Waals surface area contributed by atoms with E-state index in [4.69, 9.17) is 9.47 Å². The van der Waals surface area contributed by atoms with E-state index < -0.39 is 11.4 Å². The van der Waals surface area contributed by atoms with Crippen LogP contribution < -0.4 is 0 Å². The first-order valence-electron chi connectivity index (χ1n) is 10.2. The van der Waals surface area contributed by atoms with E-state index in [9.17, 15) is 9.59 Å². The second-order valence-corrected chi connectivity index (χ2v) is 8.37. The summed E-state index contributed by atoms with van der Waals surface area (Å²) in [6, 6.07) is 0. The van der Waals surface area contributed by atoms with E-state index in [1.165, 1.54) is 0 Å². The zero-order valence-electron chi connectivity index (χ0n) is 16.8. The third kappa shape index (κ3) is 5.52. The molecule has 0 atom stereocenters. The fraction of sp³-hybridized carbons (Fsp3) is 0.900. The van der Waals surface area contributed by atoms with Crippen molar-refractivity contribution in [1.29, 1.82) is 0 Å². The van der Waals surface area contributed by atoms with E-state index in [1.54, 1.807) is 0 Å². The molecule has 2 saturated carbocycles. The number of carbonyl (C=O) groups excluding carboxylic acids is 2. The summed E-state index contributed by atoms with van der Waals surface area (Å²) in [6.07, 6.45) is 8.81. The van der Waals surface area contributed by atoms with Gasteiger partial charge in [0.25, 0.3) is 0 Å². The number of ether oxygens (including phenoxy) is 2. The van der Waals surface area contributed by atoms with Gasteiger partial charge in [-0.1, -0.05) is 40.5 Å². The van der Waals surface area contributed by atoms with Crippen molar-refractivity contribution in [3.05, 3.63) is 0 Å². The van der Waals surface area contributed by atoms with Crippen LogP contribution in [0, 0.1) is 11.8 Å². The summed E-state index contributed by atoms with van der Waals surface area (Å²) in [7, 11) is 0. The molecule has 2 aliphatic rings. The molecule has 0 unspecified atom stereocenters. The Morgan fingerprint density at radius 3 is 1.23 bits per heavy atom. The van der Waals surface area contributed by atoms with Crippen LogP contribution in [0.1, 0.15) is 91.9 Å². The van der Waals surface area contributed by atoms with Gasteiger partial charge < -0.3 is 9.47 Å². The first-order chi connectivity index (χ1) is 12.3. The highest BCUT2D eigenvalue weighted by atomic mass is 16.6. The minimum Gasteiger partial charge on any atom is -0.435 e. The fourth-order valence-corrected chi connectivity index (χ4v) is 3.45. The average Bonchev–Trinajstić information content (AvgIpc) is 2.61. The van der Waals surface area contributed by atoms with Crippen LogP contribution in [0.3, 0.4) is 0 Å². The second kappa shape index (κ2) is 8.96. The minimum atomic E-state index is -0.895. The summed E-state index contributed by atoms with van der Waals surface area (Å²) in [5.41, 5.74) is -1.79. The van der Waals surface area contributed by atoms with Crippen LogP contribution in [0.25, 0.3) is 0 Å². The number of carbonyl (C=O) groups is 2. The molecule has 2 aliphatic carbocycles. The summed E-state index contributed by atoms with van der Waals surface area (Å²) >= 11 is 0. The fourth-order valence-electron chi connectivity index (χ4n) is 3.45. The van der Waals surface area contributed by atoms with E-state index in [-0.39, 0.29) is 23.8 Å². The third-order valence-electron chi connectivity index (χ3n) is 5.21. The van der Waals surface area contributed by atoms with Crippen molar-refractivity contribution in [3.63, 3.8) is 0 Å². The van der Waals surface area contributed by atoms with Crippen LogP contribution in [-0.2, 0) is 19.1 Å². The lowest BCUT2D eigenvalue weighted by Gasteiger charge is -2.36. The van der Waals surface area contributed by atoms with Crippen molar-refractivity contribution in [2.24, 2.45) is 22.1 Å². The van der Waals surface area contributed by atoms with Crippen LogP contribution in [0.15, 0.2) is 10.2 Å². The molecule has 0 radical (unpaired) electrons. The topological polar surface area (TPSA) is 77.3 Å². The molecule has 26 heavy (non-hydrogen) atoms. The van der Waals surface area contributed by atoms with Gasteiger partial charge in [0.2, 0.25) is 11.4 Å². The maximum absolute atomic E-state index is 12.2. The molecule has 0 amide bonds. The number of azo groups is 1. The van der Waals surface area contributed by atoms with Crippen LogP contribution in [-0.4, -0.2) is 23.4 Å². The molecule has 0 bridgehead atoms. The average molecular weight is 367 g/mol. The summed E-state index contributed by atoms with van der Waals surface area (Å²) in [5.74, 6) is -0.900. The molecule has 6 heteroatoms. The Morgan fingerprint density at radius 2 is 0.962 bits per heavy atom. The molecular weight excluding hydrogens is 332 g/mol. The van der Waals surface area contributed by atoms with E-state index in [0.29, 0.717) is 25.7 Å². The SMILES string of the molecule is CC(C)C(=O)OC1(N=NC2(OC(=O)C(C)C)CCCCC2)CCCCC1. The monoisotopic (exact) mass is 366 g/mol. The Labute approximate surface area is 157 Å². The van der Waals surface area contributed by atoms with Gasteiger partial charge in [0, 0.05) is 25.7 Å². The van der Waals surface area contributed by atoms with Crippen molar-refractivity contribution >= 4 is 11.9 Å². The molecule has 2 fully saturated rings. The number of hydrogen-bond acceptors (Lipinski definition) is 6. The molecule has 0 aliphatic heterocycles. The highest BCUT2D eigenvalue weighted by molar-refractivity contribution is 5.72. The van der Waals surface area contributed by atoms with Crippen molar-refractivity contribution < 1.29 is 19.1 Å². The lowest BCUT2D eigenvalue weighted by molar-refractivity contribution is -0.173. The highest BCUT2D eigenvalue weighted by Crippen LogP contribution is 2.38. The summed E-state index contributed by atoms with van der Waals surface area (Å²) in [5, 5.41) is 9.10. The van der Waals surface area contributed by atoms with Crippen LogP contribution in [0.4, 0.5) is 0 Å². The Balaban J connectivity index is 2.22. The Hall–Kier alpha value is -1.46. The van der Waals surface area contributed by atoms with E-state index in [2.05, 4.69) is 10.2 Å². The Kier molecular flexibility index (Phi) is 7.18. The summed E-state index contributed by atoms with van der Waals surface area (Å²) in [6.45, 7) is 7.29. The standard InChI is InChI=1S/C20H34N2O4/c1-15(2)17(23)25-19(11-7-5-8-12-19)21-22-20(13-9-6-10-14-20)26-18(24)16(3)4/h15-16H,5-14H2,1-4H3. The molecule has 0 aromatic rings. The first kappa shape index (κ1) is 20.8. The van der Waals surface area contributed by atoms with E-state index in [1.807, 2.05) is 27.7 Å². The molecule has 0 saturated heterocycles. The number of nitrogens with zero attached hydrogens (tertiary/aromatic N) is 2. The lowest BCUT2D eigenvalue weighted by Crippen LogP contribution is -2.40. The molecular formula is C20H34N2O4. The van der Waals surface area contributed by atoms with Gasteiger partial charge >= 0.3 is 11.9 Å². The normalized spacial score (nSPS) is 22.5. The largest absolute Gasteiger partial charge is 0.435 e. The Bertz CT molecular complexity index is 470. The number of rotatable bonds is 6. The maximum atomic E-state index is 12.2. The lowest BCUT2D eigenvalue weighted by atomic mass is 9.91. The van der Waals surface area contributed by atoms with E-state index >= 15 is 0 Å². The van der Waals surface area contributed by atoms with Crippen LogP contribution in [0.2, 0.25) is 0 Å². The van der Waals surface area contributed by atoms with Crippen molar-refractivity contribution in [1.82, 2.24) is 0 Å². The molecule has 148 valence electrons. The molecule has 0 heterocycles. The van der Waals surface area contributed by atoms with Crippen molar-refractivity contribution in [2.45, 2.75) is 103 Å². The molecule has 0 spiro atoms. The van der Waals surface area contributed by atoms with Crippen LogP contribution >= 0.6 is 0 Å². The van der Waals surface area contributed by atoms with Gasteiger partial charge in [-0.25, -0.2) is 0 Å². The molecule has 0 aromatic heterocycles. The van der Waals surface area contributed by atoms with Crippen molar-refractivity contribution in [2.75, 3.05) is 0 Å². The van der Waals surface area contributed by atoms with Gasteiger partial charge in [-0.05, 0) is 25.7 Å². The molecule has 6 nitrogen and oxygen atoms in total. The van der Waals surface area contributed by atoms with Gasteiger partial charge in [-0.15, -0.1) is 10.2 Å². The maximum Gasteiger partial charge on any atom is 0.310 e. The summed E-state index contributed by atoms with van der Waals surface area (Å²) < 4.78 is 11.6. The smallest absolute Gasteiger partial charge is 0.310 e. The van der Waals surface area contributed by atoms with Gasteiger partial charge in [-0.2, -0.15) is 0 Å². The molecule has 0 aromatic carbocycles. The molecule has 0 N–H and O–H groups in total. The van der Waals surface area contributed by atoms with Gasteiger partial charge in [0.05, 0.1) is 11.8 Å². The van der Waals surface area contributed by atoms with Gasteiger partial charge in [0.15, 0.2) is 0 Å². The van der Waals surface area contributed by atoms with Crippen LogP contribution in [0.5, 0.6) is 0 Å². The Morgan fingerprint density at radius 1 is 0.654 bits per heavy atom. The number of esters is 2. The zero-order chi connectivity index (χ0) is 19.2. The minimum absolute atomic E-state index is 0.202. The van der Waals surface area contributed by atoms with Gasteiger partial charge in [0.1, 0.15) is 0 Å². The quantitative estimate of drug-likeness (QED) is 0.480. The van der Waals surface area contributed by atoms with E-state index in [0.717, 1.165) is 38.5 Å². The third-order valence-corrected chi connectivity index (χ3v) is 5.21. The predicted molar refractivity (Wildman–Crippen MR) is 98.3 cm³/mol. The first-order valence-corrected chi connectivity index (χ1v) is 10.2. The molecule has 2 rings (SSSR count). The predicted octanol–water partition coefficient (Wildman–Crippen LogP) is 5.16. The van der Waals surface area contributed by atoms with Crippen molar-refractivity contribution in [3.8, 4) is 0 Å².